The lowest BCUT2D eigenvalue weighted by Crippen LogP contribution is -2.46. The number of halogens is 2. The number of alkyl halides is 2. The largest absolute Gasteiger partial charge is 0.444 e. The molecule has 0 radical (unpaired) electrons. The van der Waals surface area contributed by atoms with Crippen LogP contribution in [0.4, 0.5) is 4.79 Å². The molecule has 0 saturated carbocycles. The van der Waals surface area contributed by atoms with Crippen molar-refractivity contribution in [3.63, 3.8) is 0 Å². The molecule has 0 heterocycles. The second-order valence-electron chi connectivity index (χ2n) is 5.11. The van der Waals surface area contributed by atoms with Crippen LogP contribution >= 0.6 is 38.5 Å². The molecule has 2 atom stereocenters. The molecule has 2 unspecified atom stereocenters. The molecule has 0 aromatic heterocycles. The SMILES string of the molecule is CC(C)(C)OC(=O)NC(COCCI)C(Br)CCN. The van der Waals surface area contributed by atoms with E-state index >= 15 is 0 Å². The zero-order chi connectivity index (χ0) is 14.9. The molecule has 0 aliphatic heterocycles. The van der Waals surface area contributed by atoms with Crippen molar-refractivity contribution in [1.82, 2.24) is 5.32 Å². The number of carbonyl (C=O) groups is 1. The van der Waals surface area contributed by atoms with Crippen molar-refractivity contribution in [2.75, 3.05) is 24.2 Å². The summed E-state index contributed by atoms with van der Waals surface area (Å²) in [4.78, 5) is 11.8. The molecule has 0 aromatic rings. The maximum absolute atomic E-state index is 11.8. The van der Waals surface area contributed by atoms with Gasteiger partial charge in [-0.2, -0.15) is 0 Å². The Balaban J connectivity index is 4.35. The number of hydrogen-bond acceptors (Lipinski definition) is 4. The smallest absolute Gasteiger partial charge is 0.407 e. The molecule has 5 nitrogen and oxygen atoms in total. The minimum atomic E-state index is -0.507. The molecule has 0 rings (SSSR count). The number of amides is 1. The van der Waals surface area contributed by atoms with Gasteiger partial charge in [0.1, 0.15) is 5.60 Å². The van der Waals surface area contributed by atoms with E-state index in [1.54, 1.807) is 0 Å². The Kier molecular flexibility index (Phi) is 10.4. The third-order valence-electron chi connectivity index (χ3n) is 2.10. The summed E-state index contributed by atoms with van der Waals surface area (Å²) >= 11 is 5.78. The lowest BCUT2D eigenvalue weighted by Gasteiger charge is -2.26. The van der Waals surface area contributed by atoms with E-state index in [1.165, 1.54) is 0 Å². The first-order valence-corrected chi connectivity index (χ1v) is 8.71. The average molecular weight is 451 g/mol. The highest BCUT2D eigenvalue weighted by Gasteiger charge is 2.24. The fourth-order valence-electron chi connectivity index (χ4n) is 1.32. The summed E-state index contributed by atoms with van der Waals surface area (Å²) in [5.41, 5.74) is 5.03. The molecule has 7 heteroatoms. The van der Waals surface area contributed by atoms with E-state index < -0.39 is 11.7 Å². The molecule has 19 heavy (non-hydrogen) atoms. The topological polar surface area (TPSA) is 73.6 Å². The van der Waals surface area contributed by atoms with Gasteiger partial charge in [-0.3, -0.25) is 0 Å². The van der Waals surface area contributed by atoms with Crippen molar-refractivity contribution in [3.05, 3.63) is 0 Å². The summed E-state index contributed by atoms with van der Waals surface area (Å²) in [6.07, 6.45) is 0.325. The van der Waals surface area contributed by atoms with Crippen LogP contribution in [-0.4, -0.2) is 46.7 Å². The van der Waals surface area contributed by atoms with Crippen LogP contribution in [0.2, 0.25) is 0 Å². The Morgan fingerprint density at radius 3 is 2.58 bits per heavy atom. The number of ether oxygens (including phenoxy) is 2. The van der Waals surface area contributed by atoms with Crippen LogP contribution in [0, 0.1) is 0 Å². The maximum atomic E-state index is 11.8. The number of hydrogen-bond donors (Lipinski definition) is 2. The second-order valence-corrected chi connectivity index (χ2v) is 7.36. The van der Waals surface area contributed by atoms with Crippen LogP contribution in [0.3, 0.4) is 0 Å². The molecule has 0 fully saturated rings. The summed E-state index contributed by atoms with van der Waals surface area (Å²) < 4.78 is 11.7. The van der Waals surface area contributed by atoms with Crippen molar-refractivity contribution in [1.29, 1.82) is 0 Å². The van der Waals surface area contributed by atoms with Gasteiger partial charge in [-0.15, -0.1) is 0 Å². The molecule has 0 bridgehead atoms. The van der Waals surface area contributed by atoms with E-state index in [1.807, 2.05) is 20.8 Å². The highest BCUT2D eigenvalue weighted by molar-refractivity contribution is 14.1. The monoisotopic (exact) mass is 450 g/mol. The fraction of sp³-hybridized carbons (Fsp3) is 0.917. The Morgan fingerprint density at radius 2 is 2.11 bits per heavy atom. The summed E-state index contributed by atoms with van der Waals surface area (Å²) in [6, 6.07) is -0.152. The van der Waals surface area contributed by atoms with E-state index in [-0.39, 0.29) is 10.9 Å². The molecule has 0 aliphatic carbocycles. The van der Waals surface area contributed by atoms with Crippen molar-refractivity contribution < 1.29 is 14.3 Å². The Hall–Kier alpha value is 0.400. The summed E-state index contributed by atoms with van der Waals surface area (Å²) in [5, 5.41) is 2.83. The van der Waals surface area contributed by atoms with Gasteiger partial charge in [-0.1, -0.05) is 38.5 Å². The number of rotatable bonds is 8. The molecular weight excluding hydrogens is 427 g/mol. The molecule has 0 spiro atoms. The normalized spacial score (nSPS) is 14.8. The van der Waals surface area contributed by atoms with Crippen LogP contribution in [0.5, 0.6) is 0 Å². The van der Waals surface area contributed by atoms with E-state index in [0.29, 0.717) is 19.8 Å². The van der Waals surface area contributed by atoms with Crippen LogP contribution in [0.25, 0.3) is 0 Å². The lowest BCUT2D eigenvalue weighted by atomic mass is 10.1. The maximum Gasteiger partial charge on any atom is 0.407 e. The van der Waals surface area contributed by atoms with E-state index in [0.717, 1.165) is 10.8 Å². The Bertz CT molecular complexity index is 262. The summed E-state index contributed by atoms with van der Waals surface area (Å²) in [7, 11) is 0. The first-order chi connectivity index (χ1) is 8.80. The van der Waals surface area contributed by atoms with Crippen molar-refractivity contribution in [2.45, 2.75) is 43.7 Å². The van der Waals surface area contributed by atoms with Gasteiger partial charge in [-0.25, -0.2) is 4.79 Å². The Labute approximate surface area is 137 Å². The molecule has 1 amide bonds. The molecule has 0 saturated heterocycles. The number of carbonyl (C=O) groups excluding carboxylic acids is 1. The van der Waals surface area contributed by atoms with Gasteiger partial charge in [-0.05, 0) is 33.7 Å². The average Bonchev–Trinajstić information content (AvgIpc) is 2.25. The van der Waals surface area contributed by atoms with Gasteiger partial charge < -0.3 is 20.5 Å². The highest BCUT2D eigenvalue weighted by Crippen LogP contribution is 2.12. The van der Waals surface area contributed by atoms with Crippen molar-refractivity contribution in [3.8, 4) is 0 Å². The molecular formula is C12H24BrIN2O3. The summed E-state index contributed by atoms with van der Waals surface area (Å²) in [5.74, 6) is 0. The Morgan fingerprint density at radius 1 is 1.47 bits per heavy atom. The quantitative estimate of drug-likeness (QED) is 0.338. The number of nitrogens with one attached hydrogen (secondary N) is 1. The first-order valence-electron chi connectivity index (χ1n) is 6.27. The first kappa shape index (κ1) is 19.4. The molecule has 0 aliphatic rings. The second kappa shape index (κ2) is 10.2. The summed E-state index contributed by atoms with van der Waals surface area (Å²) in [6.45, 7) is 7.15. The number of alkyl carbamates (subject to hydrolysis) is 1. The van der Waals surface area contributed by atoms with E-state index in [2.05, 4.69) is 43.8 Å². The van der Waals surface area contributed by atoms with Crippen LogP contribution < -0.4 is 11.1 Å². The fourth-order valence-corrected chi connectivity index (χ4v) is 2.18. The molecule has 0 aromatic carbocycles. The highest BCUT2D eigenvalue weighted by atomic mass is 127. The minimum absolute atomic E-state index is 0.0687. The van der Waals surface area contributed by atoms with Crippen LogP contribution in [0.15, 0.2) is 0 Å². The zero-order valence-electron chi connectivity index (χ0n) is 11.7. The molecule has 114 valence electrons. The van der Waals surface area contributed by atoms with Gasteiger partial charge in [0.2, 0.25) is 0 Å². The van der Waals surface area contributed by atoms with Gasteiger partial charge >= 0.3 is 6.09 Å². The van der Waals surface area contributed by atoms with Gasteiger partial charge in [0.15, 0.2) is 0 Å². The predicted molar refractivity (Wildman–Crippen MR) is 89.3 cm³/mol. The zero-order valence-corrected chi connectivity index (χ0v) is 15.5. The van der Waals surface area contributed by atoms with Gasteiger partial charge in [0.05, 0.1) is 19.3 Å². The van der Waals surface area contributed by atoms with Crippen LogP contribution in [-0.2, 0) is 9.47 Å². The van der Waals surface area contributed by atoms with Crippen molar-refractivity contribution in [2.24, 2.45) is 5.73 Å². The third kappa shape index (κ3) is 10.8. The third-order valence-corrected chi connectivity index (χ3v) is 3.64. The van der Waals surface area contributed by atoms with Gasteiger partial charge in [0.25, 0.3) is 0 Å². The van der Waals surface area contributed by atoms with Crippen LogP contribution in [0.1, 0.15) is 27.2 Å². The standard InChI is InChI=1S/C12H24BrIN2O3/c1-12(2,3)19-11(17)16-10(8-18-7-5-14)9(13)4-6-15/h9-10H,4-8,15H2,1-3H3,(H,16,17). The predicted octanol–water partition coefficient (Wildman–Crippen LogP) is 2.44. The van der Waals surface area contributed by atoms with E-state index in [9.17, 15) is 4.79 Å². The lowest BCUT2D eigenvalue weighted by molar-refractivity contribution is 0.0450. The number of nitrogens with two attached hydrogens (primary N) is 1. The van der Waals surface area contributed by atoms with E-state index in [4.69, 9.17) is 15.2 Å². The van der Waals surface area contributed by atoms with Crippen molar-refractivity contribution >= 4 is 44.6 Å². The molecule has 3 N–H and O–H groups in total. The minimum Gasteiger partial charge on any atom is -0.444 e. The van der Waals surface area contributed by atoms with Gasteiger partial charge in [0, 0.05) is 9.25 Å².